The highest BCUT2D eigenvalue weighted by atomic mass is 16.6. The van der Waals surface area contributed by atoms with Gasteiger partial charge in [-0.25, -0.2) is 9.78 Å². The fourth-order valence-corrected chi connectivity index (χ4v) is 7.40. The molecule has 0 bridgehead atoms. The highest BCUT2D eigenvalue weighted by Crippen LogP contribution is 3.09. The molecule has 0 spiro atoms. The molecule has 1 aromatic rings. The summed E-state index contributed by atoms with van der Waals surface area (Å²) in [4.78, 5) is 28.7. The number of nitrogens with zero attached hydrogens (tertiary/aromatic N) is 1. The molecule has 24 heavy (non-hydrogen) atoms. The van der Waals surface area contributed by atoms with Gasteiger partial charge in [0.15, 0.2) is 5.69 Å². The van der Waals surface area contributed by atoms with Gasteiger partial charge in [-0.3, -0.25) is 4.79 Å². The van der Waals surface area contributed by atoms with Crippen molar-refractivity contribution in [2.75, 3.05) is 7.11 Å². The Kier molecular flexibility index (Phi) is 1.84. The van der Waals surface area contributed by atoms with Crippen molar-refractivity contribution >= 4 is 11.9 Å². The van der Waals surface area contributed by atoms with Gasteiger partial charge in [0, 0.05) is 0 Å². The molecule has 0 saturated heterocycles. The number of aromatic nitrogens is 1. The van der Waals surface area contributed by atoms with Gasteiger partial charge in [0.1, 0.15) is 11.9 Å². The number of hydrogen-bond donors (Lipinski definition) is 0. The number of rotatable bonds is 3. The maximum atomic E-state index is 12.7. The van der Waals surface area contributed by atoms with Gasteiger partial charge in [-0.05, 0) is 56.3 Å². The van der Waals surface area contributed by atoms with E-state index in [4.69, 9.17) is 13.9 Å². The largest absolute Gasteiger partial charge is 0.464 e. The average molecular weight is 329 g/mol. The van der Waals surface area contributed by atoms with Crippen molar-refractivity contribution in [3.8, 4) is 0 Å². The Bertz CT molecular complexity index is 777. The number of methoxy groups -OCH3 is 1. The number of hydrogen-bond acceptors (Lipinski definition) is 6. The third kappa shape index (κ3) is 0.909. The van der Waals surface area contributed by atoms with Gasteiger partial charge < -0.3 is 13.9 Å². The zero-order valence-corrected chi connectivity index (χ0v) is 14.0. The molecule has 6 aliphatic carbocycles. The Labute approximate surface area is 138 Å². The van der Waals surface area contributed by atoms with Crippen LogP contribution in [0.15, 0.2) is 10.7 Å². The molecule has 0 amide bonds. The average Bonchev–Trinajstić information content (AvgIpc) is 3.01. The van der Waals surface area contributed by atoms with Crippen LogP contribution in [0.4, 0.5) is 0 Å². The molecule has 0 atom stereocenters. The van der Waals surface area contributed by atoms with E-state index in [1.165, 1.54) is 13.4 Å². The van der Waals surface area contributed by atoms with Crippen LogP contribution in [0.5, 0.6) is 0 Å². The highest BCUT2D eigenvalue weighted by Gasteiger charge is 3.13. The van der Waals surface area contributed by atoms with Crippen molar-refractivity contribution in [1.29, 1.82) is 0 Å². The van der Waals surface area contributed by atoms with Crippen LogP contribution in [-0.2, 0) is 19.7 Å². The molecule has 6 heteroatoms. The normalized spacial score (nSPS) is 50.3. The van der Waals surface area contributed by atoms with Crippen molar-refractivity contribution in [1.82, 2.24) is 4.98 Å². The third-order valence-electron chi connectivity index (χ3n) is 7.65. The molecule has 0 unspecified atom stereocenters. The van der Waals surface area contributed by atoms with Crippen molar-refractivity contribution in [3.05, 3.63) is 17.8 Å². The van der Waals surface area contributed by atoms with E-state index in [0.29, 0.717) is 41.4 Å². The summed E-state index contributed by atoms with van der Waals surface area (Å²) in [5, 5.41) is 0. The molecule has 0 N–H and O–H groups in total. The fourth-order valence-electron chi connectivity index (χ4n) is 7.40. The molecular formula is C18H19NO5. The summed E-state index contributed by atoms with van der Waals surface area (Å²) in [7, 11) is 1.34. The van der Waals surface area contributed by atoms with E-state index < -0.39 is 11.6 Å². The molecule has 0 aromatic carbocycles. The summed E-state index contributed by atoms with van der Waals surface area (Å²) >= 11 is 0. The van der Waals surface area contributed by atoms with Gasteiger partial charge in [-0.1, -0.05) is 0 Å². The summed E-state index contributed by atoms with van der Waals surface area (Å²) in [6, 6.07) is 0. The topological polar surface area (TPSA) is 78.6 Å². The first kappa shape index (κ1) is 13.4. The number of oxazole rings is 1. The Morgan fingerprint density at radius 2 is 1.71 bits per heavy atom. The first-order chi connectivity index (χ1) is 11.3. The summed E-state index contributed by atoms with van der Waals surface area (Å²) in [6.45, 7) is 5.78. The Morgan fingerprint density at radius 3 is 2.21 bits per heavy atom. The second-order valence-electron chi connectivity index (χ2n) is 9.05. The van der Waals surface area contributed by atoms with Crippen LogP contribution in [-0.4, -0.2) is 29.6 Å². The van der Waals surface area contributed by atoms with Gasteiger partial charge in [0.2, 0.25) is 5.89 Å². The smallest absolute Gasteiger partial charge is 0.360 e. The zero-order valence-electron chi connectivity index (χ0n) is 14.0. The zero-order chi connectivity index (χ0) is 16.8. The van der Waals surface area contributed by atoms with Crippen LogP contribution in [0.1, 0.15) is 37.2 Å². The lowest BCUT2D eigenvalue weighted by atomic mass is 8.92. The van der Waals surface area contributed by atoms with Crippen LogP contribution in [0, 0.1) is 40.9 Å². The monoisotopic (exact) mass is 329 g/mol. The second kappa shape index (κ2) is 3.28. The Balaban J connectivity index is 1.27. The van der Waals surface area contributed by atoms with E-state index in [2.05, 4.69) is 4.98 Å². The maximum Gasteiger partial charge on any atom is 0.360 e. The summed E-state index contributed by atoms with van der Waals surface area (Å²) < 4.78 is 16.0. The minimum atomic E-state index is -0.466. The van der Waals surface area contributed by atoms with E-state index >= 15 is 0 Å². The summed E-state index contributed by atoms with van der Waals surface area (Å²) in [5.41, 5.74) is -0.367. The van der Waals surface area contributed by atoms with Crippen LogP contribution in [0.3, 0.4) is 0 Å². The lowest BCUT2D eigenvalue weighted by Gasteiger charge is -3.09. The number of ether oxygens (including phenoxy) is 2. The van der Waals surface area contributed by atoms with Gasteiger partial charge in [0.25, 0.3) is 0 Å². The molecule has 6 saturated carbocycles. The van der Waals surface area contributed by atoms with Gasteiger partial charge in [-0.2, -0.15) is 0 Å². The lowest BCUT2D eigenvalue weighted by molar-refractivity contribution is -0.616. The molecule has 1 heterocycles. The maximum absolute atomic E-state index is 12.7. The van der Waals surface area contributed by atoms with Crippen LogP contribution >= 0.6 is 0 Å². The lowest BCUT2D eigenvalue weighted by Crippen LogP contribution is -3.12. The first-order valence-corrected chi connectivity index (χ1v) is 8.59. The quantitative estimate of drug-likeness (QED) is 0.787. The standard InChI is InChI=1S/C18H19NO5/c1-16(2,3)24-15(21)18-10-7-11(18)9-12(18)8(10)17(7,9)14-19-6(5-23-14)13(20)22-4/h5,7-12H,1-4H3. The molecule has 6 nitrogen and oxygen atoms in total. The van der Waals surface area contributed by atoms with Crippen molar-refractivity contribution in [2.24, 2.45) is 40.9 Å². The highest BCUT2D eigenvalue weighted by molar-refractivity contribution is 5.90. The first-order valence-electron chi connectivity index (χ1n) is 8.59. The predicted molar refractivity (Wildman–Crippen MR) is 78.7 cm³/mol. The van der Waals surface area contributed by atoms with Gasteiger partial charge >= 0.3 is 11.9 Å². The molecule has 6 fully saturated rings. The van der Waals surface area contributed by atoms with Crippen molar-refractivity contribution < 1.29 is 23.5 Å². The number of carbonyl (C=O) groups is 2. The van der Waals surface area contributed by atoms with Gasteiger partial charge in [-0.15, -0.1) is 0 Å². The summed E-state index contributed by atoms with van der Waals surface area (Å²) in [6.07, 6.45) is 1.40. The van der Waals surface area contributed by atoms with Crippen molar-refractivity contribution in [3.63, 3.8) is 0 Å². The second-order valence-corrected chi connectivity index (χ2v) is 9.05. The minimum Gasteiger partial charge on any atom is -0.464 e. The molecule has 126 valence electrons. The van der Waals surface area contributed by atoms with E-state index in [1.807, 2.05) is 20.8 Å². The molecule has 7 rings (SSSR count). The van der Waals surface area contributed by atoms with Crippen LogP contribution in [0.2, 0.25) is 0 Å². The molecule has 6 aliphatic rings. The molecule has 0 radical (unpaired) electrons. The molecule has 0 aliphatic heterocycles. The third-order valence-corrected chi connectivity index (χ3v) is 7.65. The van der Waals surface area contributed by atoms with E-state index in [9.17, 15) is 9.59 Å². The Morgan fingerprint density at radius 1 is 1.12 bits per heavy atom. The number of carbonyl (C=O) groups excluding carboxylic acids is 2. The van der Waals surface area contributed by atoms with E-state index in [-0.39, 0.29) is 22.5 Å². The van der Waals surface area contributed by atoms with Crippen LogP contribution < -0.4 is 0 Å². The molecule has 1 aromatic heterocycles. The van der Waals surface area contributed by atoms with Crippen LogP contribution in [0.25, 0.3) is 0 Å². The van der Waals surface area contributed by atoms with Gasteiger partial charge in [0.05, 0.1) is 17.9 Å². The fraction of sp³-hybridized carbons (Fsp3) is 0.722. The number of esters is 2. The SMILES string of the molecule is COC(=O)c1coc(C23C4C5C2C2C3C4C52C(=O)OC(C)(C)C)n1. The minimum absolute atomic E-state index is 0.00899. The predicted octanol–water partition coefficient (Wildman–Crippen LogP) is 1.79. The van der Waals surface area contributed by atoms with E-state index in [1.54, 1.807) is 0 Å². The summed E-state index contributed by atoms with van der Waals surface area (Å²) in [5.74, 6) is 3.05. The molecular weight excluding hydrogens is 310 g/mol. The Hall–Kier alpha value is -1.85. The van der Waals surface area contributed by atoms with E-state index in [0.717, 1.165) is 0 Å². The van der Waals surface area contributed by atoms with Crippen molar-refractivity contribution in [2.45, 2.75) is 31.8 Å².